The summed E-state index contributed by atoms with van der Waals surface area (Å²) in [5, 5.41) is 8.80. The number of phenols is 1. The van der Waals surface area contributed by atoms with Gasteiger partial charge in [-0.2, -0.15) is 0 Å². The fraction of sp³-hybridized carbons (Fsp3) is 0.143. The van der Waals surface area contributed by atoms with Crippen molar-refractivity contribution >= 4 is 34.2 Å². The number of phenolic OH excluding ortho intramolecular Hbond substituents is 1. The van der Waals surface area contributed by atoms with Crippen molar-refractivity contribution in [2.24, 2.45) is 0 Å². The minimum Gasteiger partial charge on any atom is -0.507 e. The summed E-state index contributed by atoms with van der Waals surface area (Å²) in [7, 11) is 0. The third kappa shape index (κ3) is 3.09. The minimum absolute atomic E-state index is 0.190. The molecule has 0 spiro atoms. The van der Waals surface area contributed by atoms with Gasteiger partial charge >= 0.3 is 6.36 Å². The van der Waals surface area contributed by atoms with Gasteiger partial charge in [-0.15, -0.1) is 13.2 Å². The normalized spacial score (nSPS) is 11.5. The van der Waals surface area contributed by atoms with Crippen LogP contribution in [0.2, 0.25) is 5.02 Å². The number of benzene rings is 1. The molecule has 2 nitrogen and oxygen atoms in total. The van der Waals surface area contributed by atoms with Crippen molar-refractivity contribution < 1.29 is 23.0 Å². The third-order valence-corrected chi connectivity index (χ3v) is 2.39. The Morgan fingerprint density at radius 3 is 2.43 bits per heavy atom. The van der Waals surface area contributed by atoms with Crippen molar-refractivity contribution in [1.29, 1.82) is 0 Å². The molecule has 0 saturated carbocycles. The van der Waals surface area contributed by atoms with Gasteiger partial charge in [0, 0.05) is 6.07 Å². The highest BCUT2D eigenvalue weighted by Crippen LogP contribution is 2.35. The van der Waals surface area contributed by atoms with E-state index in [0.717, 1.165) is 12.1 Å². The van der Waals surface area contributed by atoms with E-state index in [4.69, 9.17) is 16.7 Å². The number of alkyl halides is 3. The molecule has 7 heteroatoms. The molecule has 1 aromatic carbocycles. The van der Waals surface area contributed by atoms with E-state index in [1.165, 1.54) is 0 Å². The van der Waals surface area contributed by atoms with Crippen molar-refractivity contribution in [2.45, 2.75) is 6.36 Å². The largest absolute Gasteiger partial charge is 0.573 e. The van der Waals surface area contributed by atoms with Crippen LogP contribution in [0.25, 0.3) is 0 Å². The fourth-order valence-corrected chi connectivity index (χ4v) is 1.36. The molecule has 1 rings (SSSR count). The molecule has 0 fully saturated rings. The Hall–Kier alpha value is -0.370. The zero-order chi connectivity index (χ0) is 10.9. The lowest BCUT2D eigenvalue weighted by Gasteiger charge is -2.10. The quantitative estimate of drug-likeness (QED) is 0.794. The van der Waals surface area contributed by atoms with Gasteiger partial charge in [-0.3, -0.25) is 0 Å². The Kier molecular flexibility index (Phi) is 3.36. The molecular weight excluding hydrogens is 335 g/mol. The second-order valence-corrected chi connectivity index (χ2v) is 3.85. The molecule has 0 radical (unpaired) electrons. The molecule has 0 aromatic heterocycles. The highest BCUT2D eigenvalue weighted by molar-refractivity contribution is 14.1. The van der Waals surface area contributed by atoms with E-state index in [0.29, 0.717) is 0 Å². The second kappa shape index (κ2) is 4.01. The molecule has 0 heterocycles. The molecule has 0 aliphatic rings. The summed E-state index contributed by atoms with van der Waals surface area (Å²) in [4.78, 5) is 0. The first-order valence-electron chi connectivity index (χ1n) is 3.23. The molecule has 0 atom stereocenters. The highest BCUT2D eigenvalue weighted by Gasteiger charge is 2.32. The van der Waals surface area contributed by atoms with Crippen molar-refractivity contribution in [2.75, 3.05) is 0 Å². The monoisotopic (exact) mass is 338 g/mol. The average Bonchev–Trinajstić information content (AvgIpc) is 1.97. The van der Waals surface area contributed by atoms with Crippen molar-refractivity contribution in [1.82, 2.24) is 0 Å². The number of halogens is 5. The molecule has 14 heavy (non-hydrogen) atoms. The third-order valence-electron chi connectivity index (χ3n) is 1.23. The van der Waals surface area contributed by atoms with Gasteiger partial charge in [0.15, 0.2) is 0 Å². The maximum atomic E-state index is 11.8. The highest BCUT2D eigenvalue weighted by atomic mass is 127. The Morgan fingerprint density at radius 2 is 1.93 bits per heavy atom. The summed E-state index contributed by atoms with van der Waals surface area (Å²) in [5.41, 5.74) is 0. The maximum absolute atomic E-state index is 11.8. The standard InChI is InChI=1S/C7H3ClF3IO2/c8-3-1-5(13)4(12)2-6(3)14-7(9,10)11/h1-2,13H. The van der Waals surface area contributed by atoms with Crippen molar-refractivity contribution in [3.63, 3.8) is 0 Å². The van der Waals surface area contributed by atoms with Crippen LogP contribution in [-0.2, 0) is 0 Å². The van der Waals surface area contributed by atoms with Gasteiger partial charge in [0.1, 0.15) is 11.5 Å². The van der Waals surface area contributed by atoms with Crippen LogP contribution >= 0.6 is 34.2 Å². The molecule has 0 unspecified atom stereocenters. The first-order valence-corrected chi connectivity index (χ1v) is 4.69. The molecule has 1 N–H and O–H groups in total. The van der Waals surface area contributed by atoms with Gasteiger partial charge in [-0.25, -0.2) is 0 Å². The van der Waals surface area contributed by atoms with E-state index in [-0.39, 0.29) is 14.3 Å². The zero-order valence-electron chi connectivity index (χ0n) is 6.40. The molecule has 0 saturated heterocycles. The van der Waals surface area contributed by atoms with Crippen LogP contribution in [0.3, 0.4) is 0 Å². The topological polar surface area (TPSA) is 29.5 Å². The predicted octanol–water partition coefficient (Wildman–Crippen LogP) is 3.55. The van der Waals surface area contributed by atoms with Crippen LogP contribution in [0.1, 0.15) is 0 Å². The van der Waals surface area contributed by atoms with Gasteiger partial charge in [0.25, 0.3) is 0 Å². The molecular formula is C7H3ClF3IO2. The van der Waals surface area contributed by atoms with Gasteiger partial charge in [0.2, 0.25) is 0 Å². The minimum atomic E-state index is -4.79. The second-order valence-electron chi connectivity index (χ2n) is 2.28. The first kappa shape index (κ1) is 11.7. The van der Waals surface area contributed by atoms with Gasteiger partial charge in [0.05, 0.1) is 8.59 Å². The smallest absolute Gasteiger partial charge is 0.507 e. The molecule has 78 valence electrons. The van der Waals surface area contributed by atoms with E-state index in [9.17, 15) is 13.2 Å². The first-order chi connectivity index (χ1) is 6.29. The lowest BCUT2D eigenvalue weighted by molar-refractivity contribution is -0.274. The number of hydrogen-bond donors (Lipinski definition) is 1. The van der Waals surface area contributed by atoms with E-state index < -0.39 is 12.1 Å². The van der Waals surface area contributed by atoms with Gasteiger partial charge in [-0.1, -0.05) is 11.6 Å². The molecule has 1 aromatic rings. The van der Waals surface area contributed by atoms with Crippen LogP contribution in [0.5, 0.6) is 11.5 Å². The van der Waals surface area contributed by atoms with Crippen molar-refractivity contribution in [3.05, 3.63) is 20.7 Å². The van der Waals surface area contributed by atoms with Gasteiger partial charge < -0.3 is 9.84 Å². The summed E-state index contributed by atoms with van der Waals surface area (Å²) >= 11 is 7.08. The number of hydrogen-bond acceptors (Lipinski definition) is 2. The number of rotatable bonds is 1. The summed E-state index contributed by atoms with van der Waals surface area (Å²) in [6.07, 6.45) is -4.79. The Bertz CT molecular complexity index is 354. The van der Waals surface area contributed by atoms with Crippen LogP contribution in [0, 0.1) is 3.57 Å². The van der Waals surface area contributed by atoms with Gasteiger partial charge in [-0.05, 0) is 28.7 Å². The predicted molar refractivity (Wildman–Crippen MR) is 52.5 cm³/mol. The molecule has 0 bridgehead atoms. The number of ether oxygens (including phenoxy) is 1. The fourth-order valence-electron chi connectivity index (χ4n) is 0.721. The van der Waals surface area contributed by atoms with Crippen LogP contribution < -0.4 is 4.74 Å². The Morgan fingerprint density at radius 1 is 1.36 bits per heavy atom. The Balaban J connectivity index is 3.04. The van der Waals surface area contributed by atoms with E-state index >= 15 is 0 Å². The van der Waals surface area contributed by atoms with Crippen LogP contribution in [-0.4, -0.2) is 11.5 Å². The van der Waals surface area contributed by atoms with Crippen LogP contribution in [0.15, 0.2) is 12.1 Å². The zero-order valence-corrected chi connectivity index (χ0v) is 9.31. The average molecular weight is 338 g/mol. The van der Waals surface area contributed by atoms with E-state index in [1.54, 1.807) is 22.6 Å². The summed E-state index contributed by atoms with van der Waals surface area (Å²) < 4.78 is 39.3. The summed E-state index contributed by atoms with van der Waals surface area (Å²) in [5.74, 6) is -0.716. The SMILES string of the molecule is Oc1cc(Cl)c(OC(F)(F)F)cc1I. The Labute approximate surface area is 95.8 Å². The van der Waals surface area contributed by atoms with E-state index in [2.05, 4.69) is 4.74 Å². The summed E-state index contributed by atoms with van der Waals surface area (Å²) in [6.45, 7) is 0. The van der Waals surface area contributed by atoms with Crippen molar-refractivity contribution in [3.8, 4) is 11.5 Å². The lowest BCUT2D eigenvalue weighted by Crippen LogP contribution is -2.17. The molecule has 0 aliphatic heterocycles. The van der Waals surface area contributed by atoms with E-state index in [1.807, 2.05) is 0 Å². The molecule has 0 amide bonds. The lowest BCUT2D eigenvalue weighted by atomic mass is 10.3. The number of aromatic hydroxyl groups is 1. The van der Waals surface area contributed by atoms with Crippen LogP contribution in [0.4, 0.5) is 13.2 Å². The summed E-state index contributed by atoms with van der Waals surface area (Å²) in [6, 6.07) is 2.00. The molecule has 0 aliphatic carbocycles. The maximum Gasteiger partial charge on any atom is 0.573 e.